The molecule has 8 nitrogen and oxygen atoms in total. The molecule has 2 aromatic rings. The van der Waals surface area contributed by atoms with Crippen LogP contribution >= 0.6 is 11.6 Å². The molecule has 140 valence electrons. The summed E-state index contributed by atoms with van der Waals surface area (Å²) in [6.07, 6.45) is 0. The minimum absolute atomic E-state index is 0.101. The first-order chi connectivity index (χ1) is 12.3. The number of nitrogens with two attached hydrogens (primary N) is 1. The standard InChI is InChI=1S/C17H18ClNO7/c1-23-14-5-11(19)15(24-2)9(16(14)25-3)7-26-17(22)8-4-10(18)13(21)6-12(8)20/h4-6,20-21H,7,19H2,1-3H3. The lowest BCUT2D eigenvalue weighted by Crippen LogP contribution is -2.09. The average Bonchev–Trinajstić information content (AvgIpc) is 2.61. The number of aromatic hydroxyl groups is 2. The first-order valence-corrected chi connectivity index (χ1v) is 7.67. The summed E-state index contributed by atoms with van der Waals surface area (Å²) < 4.78 is 21.0. The Morgan fingerprint density at radius 1 is 1.04 bits per heavy atom. The molecule has 0 unspecified atom stereocenters. The Kier molecular flexibility index (Phi) is 5.89. The van der Waals surface area contributed by atoms with Gasteiger partial charge in [-0.3, -0.25) is 0 Å². The summed E-state index contributed by atoms with van der Waals surface area (Å²) in [5, 5.41) is 19.1. The van der Waals surface area contributed by atoms with E-state index in [-0.39, 0.29) is 34.4 Å². The number of rotatable bonds is 6. The third kappa shape index (κ3) is 3.65. The number of carbonyl (C=O) groups is 1. The Hall–Kier alpha value is -3.00. The zero-order chi connectivity index (χ0) is 19.4. The first-order valence-electron chi connectivity index (χ1n) is 7.29. The van der Waals surface area contributed by atoms with Crippen LogP contribution in [0.15, 0.2) is 18.2 Å². The predicted octanol–water partition coefficient (Wildman–Crippen LogP) is 2.72. The van der Waals surface area contributed by atoms with E-state index in [1.165, 1.54) is 27.4 Å². The van der Waals surface area contributed by atoms with Gasteiger partial charge in [-0.05, 0) is 6.07 Å². The van der Waals surface area contributed by atoms with Crippen LogP contribution in [-0.4, -0.2) is 37.5 Å². The van der Waals surface area contributed by atoms with Crippen LogP contribution in [-0.2, 0) is 11.3 Å². The number of halogens is 1. The molecule has 26 heavy (non-hydrogen) atoms. The number of phenols is 2. The van der Waals surface area contributed by atoms with Gasteiger partial charge in [-0.25, -0.2) is 4.79 Å². The summed E-state index contributed by atoms with van der Waals surface area (Å²) in [6, 6.07) is 3.57. The number of phenolic OH excluding ortho intramolecular Hbond substituents is 2. The molecule has 0 aromatic heterocycles. The van der Waals surface area contributed by atoms with Gasteiger partial charge in [0.05, 0.1) is 37.6 Å². The molecule has 0 aliphatic rings. The number of esters is 1. The lowest BCUT2D eigenvalue weighted by molar-refractivity contribution is 0.0463. The van der Waals surface area contributed by atoms with E-state index in [1.54, 1.807) is 0 Å². The SMILES string of the molecule is COc1cc(N)c(OC)c(COC(=O)c2cc(Cl)c(O)cc2O)c1OC. The second kappa shape index (κ2) is 7.92. The molecule has 0 spiro atoms. The van der Waals surface area contributed by atoms with Crippen LogP contribution in [0.25, 0.3) is 0 Å². The molecule has 2 rings (SSSR count). The summed E-state index contributed by atoms with van der Waals surface area (Å²) >= 11 is 5.76. The summed E-state index contributed by atoms with van der Waals surface area (Å²) in [7, 11) is 4.27. The maximum absolute atomic E-state index is 12.3. The van der Waals surface area contributed by atoms with Crippen LogP contribution in [0.1, 0.15) is 15.9 Å². The van der Waals surface area contributed by atoms with Crippen LogP contribution in [0, 0.1) is 0 Å². The fraction of sp³-hybridized carbons (Fsp3) is 0.235. The highest BCUT2D eigenvalue weighted by Gasteiger charge is 2.22. The fourth-order valence-corrected chi connectivity index (χ4v) is 2.54. The molecule has 0 saturated carbocycles. The number of anilines is 1. The van der Waals surface area contributed by atoms with Crippen molar-refractivity contribution in [1.82, 2.24) is 0 Å². The smallest absolute Gasteiger partial charge is 0.342 e. The quantitative estimate of drug-likeness (QED) is 0.514. The number of hydrogen-bond donors (Lipinski definition) is 3. The van der Waals surface area contributed by atoms with Crippen molar-refractivity contribution in [2.75, 3.05) is 27.1 Å². The van der Waals surface area contributed by atoms with Gasteiger partial charge in [-0.15, -0.1) is 0 Å². The van der Waals surface area contributed by atoms with Gasteiger partial charge < -0.3 is 34.9 Å². The molecule has 0 aliphatic heterocycles. The van der Waals surface area contributed by atoms with Crippen molar-refractivity contribution in [3.05, 3.63) is 34.3 Å². The van der Waals surface area contributed by atoms with Gasteiger partial charge in [0.1, 0.15) is 23.7 Å². The second-order valence-electron chi connectivity index (χ2n) is 5.11. The van der Waals surface area contributed by atoms with Gasteiger partial charge in [0, 0.05) is 12.1 Å². The normalized spacial score (nSPS) is 10.3. The van der Waals surface area contributed by atoms with Crippen molar-refractivity contribution in [1.29, 1.82) is 0 Å². The number of carbonyl (C=O) groups excluding carboxylic acids is 1. The van der Waals surface area contributed by atoms with Gasteiger partial charge in [0.15, 0.2) is 17.2 Å². The number of ether oxygens (including phenoxy) is 4. The maximum Gasteiger partial charge on any atom is 0.342 e. The van der Waals surface area contributed by atoms with E-state index in [4.69, 9.17) is 36.3 Å². The Morgan fingerprint density at radius 2 is 1.69 bits per heavy atom. The van der Waals surface area contributed by atoms with Crippen molar-refractivity contribution in [3.63, 3.8) is 0 Å². The Labute approximate surface area is 154 Å². The zero-order valence-electron chi connectivity index (χ0n) is 14.3. The summed E-state index contributed by atoms with van der Waals surface area (Å²) in [6.45, 7) is -0.273. The first kappa shape index (κ1) is 19.3. The molecule has 9 heteroatoms. The molecule has 0 aliphatic carbocycles. The molecule has 0 saturated heterocycles. The zero-order valence-corrected chi connectivity index (χ0v) is 15.1. The predicted molar refractivity (Wildman–Crippen MR) is 94.4 cm³/mol. The number of benzene rings is 2. The number of hydrogen-bond acceptors (Lipinski definition) is 8. The average molecular weight is 384 g/mol. The topological polar surface area (TPSA) is 120 Å². The Bertz CT molecular complexity index is 839. The van der Waals surface area contributed by atoms with Crippen LogP contribution in [0.4, 0.5) is 5.69 Å². The monoisotopic (exact) mass is 383 g/mol. The number of nitrogen functional groups attached to an aromatic ring is 1. The van der Waals surface area contributed by atoms with E-state index in [0.29, 0.717) is 17.1 Å². The third-order valence-electron chi connectivity index (χ3n) is 3.58. The van der Waals surface area contributed by atoms with Crippen molar-refractivity contribution in [2.45, 2.75) is 6.61 Å². The molecule has 0 atom stereocenters. The van der Waals surface area contributed by atoms with Crippen molar-refractivity contribution >= 4 is 23.3 Å². The summed E-state index contributed by atoms with van der Waals surface area (Å²) in [5.41, 5.74) is 6.34. The fourth-order valence-electron chi connectivity index (χ4n) is 2.38. The molecule has 0 bridgehead atoms. The van der Waals surface area contributed by atoms with E-state index in [2.05, 4.69) is 0 Å². The van der Waals surface area contributed by atoms with Gasteiger partial charge in [-0.1, -0.05) is 11.6 Å². The highest BCUT2D eigenvalue weighted by molar-refractivity contribution is 6.32. The van der Waals surface area contributed by atoms with Crippen LogP contribution in [0.3, 0.4) is 0 Å². The molecule has 0 fully saturated rings. The molecule has 0 radical (unpaired) electrons. The van der Waals surface area contributed by atoms with Gasteiger partial charge >= 0.3 is 5.97 Å². The summed E-state index contributed by atoms with van der Waals surface area (Å²) in [5.74, 6) is -0.796. The Balaban J connectivity index is 2.36. The molecule has 4 N–H and O–H groups in total. The van der Waals surface area contributed by atoms with Crippen molar-refractivity contribution in [3.8, 4) is 28.7 Å². The van der Waals surface area contributed by atoms with Crippen molar-refractivity contribution in [2.24, 2.45) is 0 Å². The molecule has 2 aromatic carbocycles. The van der Waals surface area contributed by atoms with Crippen LogP contribution in [0.5, 0.6) is 28.7 Å². The van der Waals surface area contributed by atoms with Crippen LogP contribution < -0.4 is 19.9 Å². The van der Waals surface area contributed by atoms with Gasteiger partial charge in [0.2, 0.25) is 0 Å². The second-order valence-corrected chi connectivity index (χ2v) is 5.52. The lowest BCUT2D eigenvalue weighted by Gasteiger charge is -2.18. The minimum atomic E-state index is -0.866. The van der Waals surface area contributed by atoms with E-state index < -0.39 is 11.7 Å². The molecular weight excluding hydrogens is 366 g/mol. The van der Waals surface area contributed by atoms with E-state index >= 15 is 0 Å². The largest absolute Gasteiger partial charge is 0.507 e. The highest BCUT2D eigenvalue weighted by atomic mass is 35.5. The van der Waals surface area contributed by atoms with Crippen LogP contribution in [0.2, 0.25) is 5.02 Å². The highest BCUT2D eigenvalue weighted by Crippen LogP contribution is 2.42. The number of methoxy groups -OCH3 is 3. The maximum atomic E-state index is 12.3. The summed E-state index contributed by atoms with van der Waals surface area (Å²) in [4.78, 5) is 12.3. The van der Waals surface area contributed by atoms with Crippen molar-refractivity contribution < 1.29 is 34.0 Å². The van der Waals surface area contributed by atoms with Gasteiger partial charge in [0.25, 0.3) is 0 Å². The van der Waals surface area contributed by atoms with E-state index in [1.807, 2.05) is 0 Å². The van der Waals surface area contributed by atoms with Gasteiger partial charge in [-0.2, -0.15) is 0 Å². The Morgan fingerprint density at radius 3 is 2.27 bits per heavy atom. The molecule has 0 amide bonds. The van der Waals surface area contributed by atoms with E-state index in [9.17, 15) is 15.0 Å². The molecular formula is C17H18ClNO7. The molecule has 0 heterocycles. The minimum Gasteiger partial charge on any atom is -0.507 e. The lowest BCUT2D eigenvalue weighted by atomic mass is 10.1. The van der Waals surface area contributed by atoms with E-state index in [0.717, 1.165) is 12.1 Å². The third-order valence-corrected chi connectivity index (χ3v) is 3.88.